The molecule has 32 nitrogen and oxygen atoms in total. The Balaban J connectivity index is 0.000000153. The molecule has 0 saturated carbocycles. The van der Waals surface area contributed by atoms with Gasteiger partial charge in [0.05, 0.1) is 62.5 Å². The molecule has 36 heteroatoms. The molecule has 0 saturated heterocycles. The molecule has 0 radical (unpaired) electrons. The van der Waals surface area contributed by atoms with Gasteiger partial charge in [-0.25, -0.2) is 56.2 Å². The number of ether oxygens (including phenoxy) is 4. The lowest BCUT2D eigenvalue weighted by atomic mass is 10.0. The van der Waals surface area contributed by atoms with Crippen LogP contribution in [0.25, 0.3) is 63.9 Å². The number of aromatic nitrogens is 12. The van der Waals surface area contributed by atoms with Crippen molar-refractivity contribution in [2.45, 2.75) is 78.1 Å². The van der Waals surface area contributed by atoms with E-state index in [1.54, 1.807) is 35.0 Å². The van der Waals surface area contributed by atoms with Crippen molar-refractivity contribution in [3.05, 3.63) is 258 Å². The molecule has 12 aromatic rings. The molecule has 16 rings (SSSR count). The van der Waals surface area contributed by atoms with Crippen LogP contribution in [0, 0.1) is 49.6 Å². The van der Waals surface area contributed by atoms with Gasteiger partial charge in [0.25, 0.3) is 46.9 Å². The quantitative estimate of drug-likeness (QED) is 0.0809. The number of benzene rings is 4. The minimum atomic E-state index is -3.33. The number of nitrogen functional groups attached to an aromatic ring is 4. The maximum Gasteiger partial charge on any atom is 0.260 e. The van der Waals surface area contributed by atoms with Gasteiger partial charge in [-0.2, -0.15) is 0 Å². The molecule has 4 amide bonds. The van der Waals surface area contributed by atoms with Crippen molar-refractivity contribution in [1.29, 1.82) is 0 Å². The molecule has 608 valence electrons. The van der Waals surface area contributed by atoms with Crippen LogP contribution >= 0.6 is 0 Å². The summed E-state index contributed by atoms with van der Waals surface area (Å²) in [5, 5.41) is 17.2. The summed E-state index contributed by atoms with van der Waals surface area (Å²) in [6.45, 7) is 20.8. The van der Waals surface area contributed by atoms with Crippen molar-refractivity contribution in [2.24, 2.45) is 28.2 Å². The molecule has 8 N–H and O–H groups in total. The van der Waals surface area contributed by atoms with Crippen LogP contribution in [0.5, 0.6) is 23.0 Å². The second-order valence-electron chi connectivity index (χ2n) is 27.1. The average Bonchev–Trinajstić information content (AvgIpc) is 1.59. The third-order valence-electron chi connectivity index (χ3n) is 19.1. The standard InChI is InChI=1S/4C21H19FN6O2/c4*1-11-15-8-13(22)5-6-14(15)21(29)27(3)10-16-18(20(24-2)28(4)26-16)12-7-17(30-11)19(23)25-9-12/h4*5-9,11H,10H2,1,3-4H3,(H2,23,25)/t4*11-/m1100/s1/i7D,9D;10D2;1D3,3D3,11D;1D3,11D. The number of anilines is 4. The lowest BCUT2D eigenvalue weighted by molar-refractivity contribution is 0.0771. The van der Waals surface area contributed by atoms with Crippen molar-refractivity contribution < 1.29 is 76.2 Å². The molecule has 120 heavy (non-hydrogen) atoms. The van der Waals surface area contributed by atoms with Crippen molar-refractivity contribution >= 4 is 70.2 Å². The summed E-state index contributed by atoms with van der Waals surface area (Å²) in [6, 6.07) is 16.5. The zero-order chi connectivity index (χ0) is 99.2. The number of aryl methyl sites for hydroxylation is 4. The number of carbonyl (C=O) groups excluding carboxylic acids is 4. The highest BCUT2D eigenvalue weighted by molar-refractivity contribution is 5.99. The maximum atomic E-state index is 14.4. The minimum Gasteiger partial charge on any atom is -0.482 e. The summed E-state index contributed by atoms with van der Waals surface area (Å²) in [5.74, 6) is -6.98. The Morgan fingerprint density at radius 3 is 1.11 bits per heavy atom. The number of fused-ring (bicyclic) bond motifs is 20. The molecule has 8 bridgehead atoms. The molecule has 0 unspecified atom stereocenters. The fraction of sp³-hybridized carbons (Fsp3) is 0.238. The Morgan fingerprint density at radius 2 is 0.733 bits per heavy atom. The number of amides is 4. The zero-order valence-electron chi connectivity index (χ0n) is 79.7. The second kappa shape index (κ2) is 33.2. The lowest BCUT2D eigenvalue weighted by Gasteiger charge is -2.23. The predicted molar refractivity (Wildman–Crippen MR) is 433 cm³/mol. The Labute approximate surface area is 705 Å². The third-order valence-corrected chi connectivity index (χ3v) is 19.1. The summed E-state index contributed by atoms with van der Waals surface area (Å²) in [6.07, 6.45) is -4.02. The first-order valence-corrected chi connectivity index (χ1v) is 35.5. The lowest BCUT2D eigenvalue weighted by Crippen LogP contribution is -2.28. The first-order chi connectivity index (χ1) is 63.1. The van der Waals surface area contributed by atoms with Crippen LogP contribution in [0.2, 0.25) is 0 Å². The second-order valence-corrected chi connectivity index (χ2v) is 27.1. The predicted octanol–water partition coefficient (Wildman–Crippen LogP) is 13.9. The van der Waals surface area contributed by atoms with Gasteiger partial charge < -0.3 is 80.9 Å². The van der Waals surface area contributed by atoms with Gasteiger partial charge in [0.1, 0.15) is 70.4 Å². The molecule has 4 aliphatic heterocycles. The molecular formula is C84H76F4N24O8. The Hall–Kier alpha value is -15.7. The number of rotatable bonds is 0. The van der Waals surface area contributed by atoms with Crippen molar-refractivity contribution in [3.63, 3.8) is 0 Å². The number of nitrogens with two attached hydrogens (primary N) is 4. The average molecular weight is 1640 g/mol. The molecule has 4 atom stereocenters. The number of nitrogens with zero attached hydrogens (tertiary/aromatic N) is 20. The van der Waals surface area contributed by atoms with Crippen molar-refractivity contribution in [3.8, 4) is 67.5 Å². The minimum absolute atomic E-state index is 0.0117. The Bertz CT molecular complexity index is 7090. The van der Waals surface area contributed by atoms with Crippen LogP contribution in [-0.2, 0) is 54.3 Å². The number of halogens is 4. The summed E-state index contributed by atoms with van der Waals surface area (Å²) >= 11 is 0. The molecule has 0 fully saturated rings. The van der Waals surface area contributed by atoms with Crippen molar-refractivity contribution in [1.82, 2.24) is 78.7 Å². The van der Waals surface area contributed by atoms with Gasteiger partial charge in [0, 0.05) is 132 Å². The van der Waals surface area contributed by atoms with Gasteiger partial charge >= 0.3 is 0 Å². The van der Waals surface area contributed by atoms with E-state index < -0.39 is 122 Å². The zero-order valence-corrected chi connectivity index (χ0v) is 64.7. The summed E-state index contributed by atoms with van der Waals surface area (Å²) in [5.41, 5.74) is 24.8. The van der Waals surface area contributed by atoms with E-state index in [4.69, 9.17) is 88.7 Å². The Kier molecular flexibility index (Phi) is 17.9. The first kappa shape index (κ1) is 64.5. The normalized spacial score (nSPS) is 19.7. The smallest absolute Gasteiger partial charge is 0.260 e. The highest BCUT2D eigenvalue weighted by Gasteiger charge is 2.34. The van der Waals surface area contributed by atoms with E-state index in [1.807, 2.05) is 0 Å². The summed E-state index contributed by atoms with van der Waals surface area (Å²) in [7, 11) is 10.4. The fourth-order valence-electron chi connectivity index (χ4n) is 13.4. The van der Waals surface area contributed by atoms with Gasteiger partial charge in [-0.15, -0.1) is 20.4 Å². The van der Waals surface area contributed by atoms with E-state index in [9.17, 15) is 36.7 Å². The van der Waals surface area contributed by atoms with E-state index in [0.29, 0.717) is 39.0 Å². The van der Waals surface area contributed by atoms with E-state index in [2.05, 4.69) is 59.7 Å². The maximum absolute atomic E-state index is 14.4. The number of hydrogen-bond acceptors (Lipinski definition) is 20. The van der Waals surface area contributed by atoms with Crippen molar-refractivity contribution in [2.75, 3.05) is 51.1 Å². The van der Waals surface area contributed by atoms with Gasteiger partial charge in [-0.05, 0) is 147 Å². The third kappa shape index (κ3) is 16.0. The Morgan fingerprint density at radius 1 is 0.425 bits per heavy atom. The van der Waals surface area contributed by atoms with E-state index >= 15 is 0 Å². The first-order valence-electron chi connectivity index (χ1n) is 43.0. The molecule has 0 aliphatic carbocycles. The van der Waals surface area contributed by atoms with E-state index in [1.165, 1.54) is 124 Å². The van der Waals surface area contributed by atoms with E-state index in [-0.39, 0.29) is 162 Å². The fourth-order valence-corrected chi connectivity index (χ4v) is 13.4. The molecule has 8 aromatic heterocycles. The molecule has 4 aromatic carbocycles. The van der Waals surface area contributed by atoms with Gasteiger partial charge in [0.15, 0.2) is 46.3 Å². The van der Waals surface area contributed by atoms with Crippen LogP contribution in [-0.4, -0.2) is 130 Å². The topological polar surface area (TPSA) is 363 Å². The summed E-state index contributed by atoms with van der Waals surface area (Å²) < 4.78 is 209. The number of pyridine rings is 4. The number of carbonyl (C=O) groups is 4. The highest BCUT2D eigenvalue weighted by Crippen LogP contribution is 2.45. The monoisotopic (exact) mass is 1640 g/mol. The highest BCUT2D eigenvalue weighted by atomic mass is 19.1. The molecule has 0 spiro atoms. The SMILES string of the molecule is [2H]C([2H])([2H])N1Cc2nn(C)c([N+]#[C-])c2-c2cnc(N)c(c2)O[C@@]([2H])(C([2H])([2H])[2H])c2cc(F)ccc2C1=O.[2H]C([2H])([2H])[C@]1([2H])Oc2cc(cnc2N)-c2c(nn(C)c2[N+]#[C-])CN(C)C(=O)c2ccc(F)cc21.[2H]C1([2H])c2nn(C)c([N+]#[C-])c2-c2cnc(N)c(c2)O[C@H](C)c2cc(F)ccc2C(=O)N1C.[2H]c1nc(N)c2c([2H])c1-c1c(nn(C)c1[N+]#[C-])CN(C)C(=O)c1ccc(F)cc1[C@@H](C)O2. The van der Waals surface area contributed by atoms with Crippen LogP contribution < -0.4 is 41.9 Å². The van der Waals surface area contributed by atoms with E-state index in [0.717, 1.165) is 41.3 Å². The van der Waals surface area contributed by atoms with Crippen LogP contribution in [0.3, 0.4) is 0 Å². The van der Waals surface area contributed by atoms with Gasteiger partial charge in [-0.1, -0.05) is 26.3 Å². The van der Waals surface area contributed by atoms with Gasteiger partial charge in [0.2, 0.25) is 0 Å². The van der Waals surface area contributed by atoms with Gasteiger partial charge in [-0.3, -0.25) is 19.2 Å². The molecular weight excluding hydrogens is 1550 g/mol. The molecule has 12 heterocycles. The number of hydrogen-bond donors (Lipinski definition) is 4. The van der Waals surface area contributed by atoms with Crippen LogP contribution in [0.4, 0.5) is 64.1 Å². The van der Waals surface area contributed by atoms with Crippen LogP contribution in [0.15, 0.2) is 122 Å². The van der Waals surface area contributed by atoms with Crippen LogP contribution in [0.1, 0.15) is 159 Å². The molecule has 4 aliphatic rings. The largest absolute Gasteiger partial charge is 0.482 e. The summed E-state index contributed by atoms with van der Waals surface area (Å²) in [4.78, 5) is 87.7.